The maximum atomic E-state index is 14.3. The summed E-state index contributed by atoms with van der Waals surface area (Å²) >= 11 is 0. The highest BCUT2D eigenvalue weighted by Crippen LogP contribution is 2.47. The molecule has 3 aromatic carbocycles. The second kappa shape index (κ2) is 12.3. The number of anilines is 1. The molecule has 0 saturated heterocycles. The van der Waals surface area contributed by atoms with E-state index in [0.29, 0.717) is 22.0 Å². The molecule has 1 fully saturated rings. The quantitative estimate of drug-likeness (QED) is 0.285. The Hall–Kier alpha value is -4.33. The first-order valence-electron chi connectivity index (χ1n) is 15.4. The number of ether oxygens (including phenoxy) is 3. The van der Waals surface area contributed by atoms with Gasteiger partial charge in [0.2, 0.25) is 5.88 Å². The molecule has 3 aromatic rings. The number of fused-ring (bicyclic) bond motifs is 3. The number of nitrogens with one attached hydrogen (secondary N) is 2. The lowest BCUT2D eigenvalue weighted by molar-refractivity contribution is -0.160. The minimum absolute atomic E-state index is 0.0269. The Morgan fingerprint density at radius 1 is 0.818 bits per heavy atom. The van der Waals surface area contributed by atoms with Gasteiger partial charge in [0, 0.05) is 17.3 Å². The number of rotatable bonds is 6. The zero-order chi connectivity index (χ0) is 31.6. The third-order valence-electron chi connectivity index (χ3n) is 7.54. The molecular weight excluding hydrogens is 556 g/mol. The number of benzene rings is 3. The summed E-state index contributed by atoms with van der Waals surface area (Å²) in [5.41, 5.74) is -0.391. The van der Waals surface area contributed by atoms with Crippen molar-refractivity contribution >= 4 is 34.3 Å². The van der Waals surface area contributed by atoms with Gasteiger partial charge >= 0.3 is 11.9 Å². The fraction of sp³-hybridized carbons (Fsp3) is 0.417. The minimum Gasteiger partial charge on any atom is -0.459 e. The molecule has 0 aromatic heterocycles. The van der Waals surface area contributed by atoms with E-state index in [2.05, 4.69) is 10.6 Å². The lowest BCUT2D eigenvalue weighted by atomic mass is 9.83. The summed E-state index contributed by atoms with van der Waals surface area (Å²) in [6.45, 7) is 10.7. The Bertz CT molecular complexity index is 1590. The zero-order valence-electron chi connectivity index (χ0n) is 26.4. The van der Waals surface area contributed by atoms with Crippen LogP contribution in [0.1, 0.15) is 95.5 Å². The van der Waals surface area contributed by atoms with Crippen LogP contribution >= 0.6 is 0 Å². The van der Waals surface area contributed by atoms with E-state index in [9.17, 15) is 14.4 Å². The average molecular weight is 599 g/mol. The van der Waals surface area contributed by atoms with Crippen molar-refractivity contribution in [2.45, 2.75) is 96.8 Å². The van der Waals surface area contributed by atoms with E-state index < -0.39 is 35.0 Å². The largest absolute Gasteiger partial charge is 0.459 e. The molecule has 1 atom stereocenters. The van der Waals surface area contributed by atoms with Crippen LogP contribution in [0.2, 0.25) is 0 Å². The molecule has 8 heteroatoms. The number of para-hydroxylation sites is 1. The number of hydrogen-bond acceptors (Lipinski definition) is 7. The SMILES string of the molecule is CC(C)(C)OC(=O)C1=C(NC2CCCCC2)Oc2c(C(=O)Nc3ccccc3)cc3ccccc3c2C1C(=O)OC(C)(C)C. The summed E-state index contributed by atoms with van der Waals surface area (Å²) in [6.07, 6.45) is 4.98. The van der Waals surface area contributed by atoms with Crippen molar-refractivity contribution in [2.75, 3.05) is 5.32 Å². The van der Waals surface area contributed by atoms with Crippen LogP contribution in [0.25, 0.3) is 10.8 Å². The Morgan fingerprint density at radius 3 is 2.11 bits per heavy atom. The van der Waals surface area contributed by atoms with Gasteiger partial charge < -0.3 is 24.8 Å². The molecule has 44 heavy (non-hydrogen) atoms. The first kappa shape index (κ1) is 31.1. The predicted molar refractivity (Wildman–Crippen MR) is 170 cm³/mol. The van der Waals surface area contributed by atoms with Crippen molar-refractivity contribution in [2.24, 2.45) is 0 Å². The molecule has 1 unspecified atom stereocenters. The van der Waals surface area contributed by atoms with Gasteiger partial charge in [-0.25, -0.2) is 4.79 Å². The molecule has 2 N–H and O–H groups in total. The normalized spacial score (nSPS) is 17.4. The zero-order valence-corrected chi connectivity index (χ0v) is 26.4. The van der Waals surface area contributed by atoms with Crippen molar-refractivity contribution in [3.05, 3.63) is 83.2 Å². The Labute approximate surface area is 259 Å². The molecular formula is C36H42N2O6. The molecule has 0 bridgehead atoms. The van der Waals surface area contributed by atoms with E-state index in [1.54, 1.807) is 59.7 Å². The van der Waals surface area contributed by atoms with Gasteiger partial charge in [-0.3, -0.25) is 9.59 Å². The maximum Gasteiger partial charge on any atom is 0.341 e. The highest BCUT2D eigenvalue weighted by atomic mass is 16.6. The lowest BCUT2D eigenvalue weighted by Crippen LogP contribution is -2.41. The average Bonchev–Trinajstić information content (AvgIpc) is 2.95. The van der Waals surface area contributed by atoms with Gasteiger partial charge in [-0.1, -0.05) is 61.7 Å². The van der Waals surface area contributed by atoms with Crippen molar-refractivity contribution < 1.29 is 28.6 Å². The Kier molecular flexibility index (Phi) is 8.73. The molecule has 1 heterocycles. The molecule has 1 saturated carbocycles. The number of esters is 2. The molecule has 1 aliphatic carbocycles. The van der Waals surface area contributed by atoms with Crippen molar-refractivity contribution in [3.63, 3.8) is 0 Å². The number of amides is 1. The van der Waals surface area contributed by atoms with Crippen LogP contribution in [0.4, 0.5) is 5.69 Å². The van der Waals surface area contributed by atoms with E-state index in [1.165, 1.54) is 0 Å². The highest BCUT2D eigenvalue weighted by Gasteiger charge is 2.45. The van der Waals surface area contributed by atoms with Crippen LogP contribution in [0.5, 0.6) is 5.75 Å². The number of carbonyl (C=O) groups is 3. The summed E-state index contributed by atoms with van der Waals surface area (Å²) in [7, 11) is 0. The molecule has 1 amide bonds. The van der Waals surface area contributed by atoms with Gasteiger partial charge in [0.15, 0.2) is 0 Å². The van der Waals surface area contributed by atoms with Crippen LogP contribution in [-0.2, 0) is 19.1 Å². The Balaban J connectivity index is 1.75. The summed E-state index contributed by atoms with van der Waals surface area (Å²) in [4.78, 5) is 42.2. The van der Waals surface area contributed by atoms with Gasteiger partial charge in [-0.15, -0.1) is 0 Å². The lowest BCUT2D eigenvalue weighted by Gasteiger charge is -2.35. The topological polar surface area (TPSA) is 103 Å². The van der Waals surface area contributed by atoms with Crippen LogP contribution in [0.15, 0.2) is 72.1 Å². The maximum absolute atomic E-state index is 14.3. The van der Waals surface area contributed by atoms with Crippen LogP contribution in [0, 0.1) is 0 Å². The second-order valence-electron chi connectivity index (χ2n) is 13.5. The third-order valence-corrected chi connectivity index (χ3v) is 7.54. The molecule has 232 valence electrons. The van der Waals surface area contributed by atoms with E-state index in [4.69, 9.17) is 14.2 Å². The molecule has 5 rings (SSSR count). The van der Waals surface area contributed by atoms with E-state index in [-0.39, 0.29) is 28.8 Å². The summed E-state index contributed by atoms with van der Waals surface area (Å²) < 4.78 is 18.4. The molecule has 1 aliphatic heterocycles. The monoisotopic (exact) mass is 598 g/mol. The standard InChI is InChI=1S/C36H42N2O6/c1-35(2,3)43-33(40)28-27-25-20-14-13-15-22(25)21-26(31(39)37-23-16-9-7-10-17-23)30(27)42-32(38-24-18-11-8-12-19-24)29(28)34(41)44-36(4,5)6/h7,9-10,13-17,20-21,24,28,38H,8,11-12,18-19H2,1-6H3,(H,37,39). The van der Waals surface area contributed by atoms with Gasteiger partial charge in [0.25, 0.3) is 5.91 Å². The number of hydrogen-bond donors (Lipinski definition) is 2. The molecule has 0 spiro atoms. The summed E-state index contributed by atoms with van der Waals surface area (Å²) in [5, 5.41) is 7.79. The second-order valence-corrected chi connectivity index (χ2v) is 13.5. The fourth-order valence-corrected chi connectivity index (χ4v) is 5.75. The summed E-state index contributed by atoms with van der Waals surface area (Å²) in [6, 6.07) is 18.4. The van der Waals surface area contributed by atoms with Gasteiger partial charge in [0.1, 0.15) is 28.4 Å². The highest BCUT2D eigenvalue weighted by molar-refractivity contribution is 6.12. The van der Waals surface area contributed by atoms with Crippen molar-refractivity contribution in [1.82, 2.24) is 5.32 Å². The smallest absolute Gasteiger partial charge is 0.341 e. The first-order chi connectivity index (χ1) is 20.8. The van der Waals surface area contributed by atoms with Crippen LogP contribution in [-0.4, -0.2) is 35.1 Å². The van der Waals surface area contributed by atoms with E-state index in [1.807, 2.05) is 42.5 Å². The van der Waals surface area contributed by atoms with Gasteiger partial charge in [-0.05, 0) is 83.4 Å². The minimum atomic E-state index is -1.21. The Morgan fingerprint density at radius 2 is 1.45 bits per heavy atom. The fourth-order valence-electron chi connectivity index (χ4n) is 5.75. The number of carbonyl (C=O) groups excluding carboxylic acids is 3. The van der Waals surface area contributed by atoms with Crippen molar-refractivity contribution in [1.29, 1.82) is 0 Å². The molecule has 8 nitrogen and oxygen atoms in total. The van der Waals surface area contributed by atoms with Gasteiger partial charge in [-0.2, -0.15) is 0 Å². The molecule has 2 aliphatic rings. The van der Waals surface area contributed by atoms with E-state index in [0.717, 1.165) is 32.1 Å². The van der Waals surface area contributed by atoms with E-state index >= 15 is 0 Å². The third kappa shape index (κ3) is 7.07. The first-order valence-corrected chi connectivity index (χ1v) is 15.4. The van der Waals surface area contributed by atoms with Gasteiger partial charge in [0.05, 0.1) is 5.56 Å². The van der Waals surface area contributed by atoms with Crippen LogP contribution < -0.4 is 15.4 Å². The van der Waals surface area contributed by atoms with Crippen LogP contribution in [0.3, 0.4) is 0 Å². The predicted octanol–water partition coefficient (Wildman–Crippen LogP) is 7.39. The van der Waals surface area contributed by atoms with Crippen molar-refractivity contribution in [3.8, 4) is 5.75 Å². The molecule has 0 radical (unpaired) electrons. The summed E-state index contributed by atoms with van der Waals surface area (Å²) in [5.74, 6) is -2.60.